The Morgan fingerprint density at radius 1 is 1.00 bits per heavy atom. The highest BCUT2D eigenvalue weighted by atomic mass is 32.2. The summed E-state index contributed by atoms with van der Waals surface area (Å²) in [6.45, 7) is 1.34. The molecule has 0 aliphatic heterocycles. The molecule has 0 aliphatic carbocycles. The van der Waals surface area contributed by atoms with Gasteiger partial charge in [0.05, 0.1) is 30.0 Å². The average molecular weight is 441 g/mol. The van der Waals surface area contributed by atoms with Crippen LogP contribution in [0.5, 0.6) is 5.75 Å². The van der Waals surface area contributed by atoms with Crippen LogP contribution >= 0.6 is 0 Å². The summed E-state index contributed by atoms with van der Waals surface area (Å²) >= 11 is 0. The molecule has 29 heavy (non-hydrogen) atoms. The number of nitrogens with one attached hydrogen (secondary N) is 1. The van der Waals surface area contributed by atoms with Gasteiger partial charge in [-0.3, -0.25) is 9.10 Å². The van der Waals surface area contributed by atoms with Crippen molar-refractivity contribution in [3.8, 4) is 5.75 Å². The molecular weight excluding hydrogens is 416 g/mol. The largest absolute Gasteiger partial charge is 0.497 e. The normalized spacial score (nSPS) is 12.8. The minimum absolute atomic E-state index is 0.183. The van der Waals surface area contributed by atoms with Crippen LogP contribution in [0.25, 0.3) is 0 Å². The van der Waals surface area contributed by atoms with Gasteiger partial charge in [0.25, 0.3) is 0 Å². The van der Waals surface area contributed by atoms with Crippen molar-refractivity contribution in [1.29, 1.82) is 0 Å². The molecule has 0 saturated carbocycles. The van der Waals surface area contributed by atoms with E-state index in [1.54, 1.807) is 43.3 Å². The van der Waals surface area contributed by atoms with Gasteiger partial charge in [0.15, 0.2) is 9.84 Å². The van der Waals surface area contributed by atoms with Gasteiger partial charge in [0.1, 0.15) is 12.3 Å². The zero-order valence-corrected chi connectivity index (χ0v) is 18.2. The Kier molecular flexibility index (Phi) is 6.91. The summed E-state index contributed by atoms with van der Waals surface area (Å²) in [5, 5.41) is 2.73. The van der Waals surface area contributed by atoms with Gasteiger partial charge in [-0.25, -0.2) is 16.8 Å². The molecule has 10 heteroatoms. The van der Waals surface area contributed by atoms with Gasteiger partial charge < -0.3 is 10.1 Å². The second-order valence-corrected chi connectivity index (χ2v) is 10.5. The zero-order valence-electron chi connectivity index (χ0n) is 16.6. The van der Waals surface area contributed by atoms with Crippen LogP contribution in [0.15, 0.2) is 53.4 Å². The number of methoxy groups -OCH3 is 1. The molecule has 2 rings (SSSR count). The smallest absolute Gasteiger partial charge is 0.241 e. The van der Waals surface area contributed by atoms with Crippen molar-refractivity contribution >= 4 is 31.5 Å². The number of sulfonamides is 1. The highest BCUT2D eigenvalue weighted by Gasteiger charge is 2.22. The molecule has 0 aromatic heterocycles. The lowest BCUT2D eigenvalue weighted by Gasteiger charge is -2.23. The molecule has 0 fully saturated rings. The van der Waals surface area contributed by atoms with Gasteiger partial charge >= 0.3 is 0 Å². The lowest BCUT2D eigenvalue weighted by molar-refractivity contribution is -0.120. The predicted molar refractivity (Wildman–Crippen MR) is 111 cm³/mol. The topological polar surface area (TPSA) is 110 Å². The number of benzene rings is 2. The second-order valence-electron chi connectivity index (χ2n) is 6.60. The predicted octanol–water partition coefficient (Wildman–Crippen LogP) is 1.74. The van der Waals surface area contributed by atoms with Gasteiger partial charge in [0, 0.05) is 6.26 Å². The number of anilines is 1. The lowest BCUT2D eigenvalue weighted by atomic mass is 10.1. The SMILES string of the molecule is COc1ccc(N(CC(=O)NC(C)c2ccc(S(C)(=O)=O)cc2)S(C)(=O)=O)cc1. The van der Waals surface area contributed by atoms with Crippen molar-refractivity contribution in [1.82, 2.24) is 5.32 Å². The zero-order chi connectivity index (χ0) is 21.8. The summed E-state index contributed by atoms with van der Waals surface area (Å²) in [5.74, 6) is 0.0729. The molecular formula is C19H24N2O6S2. The Balaban J connectivity index is 2.13. The third kappa shape index (κ3) is 6.20. The standard InChI is InChI=1S/C19H24N2O6S2/c1-14(15-5-11-18(12-6-15)28(3,23)24)20-19(22)13-21(29(4,25)26)16-7-9-17(27-2)10-8-16/h5-12,14H,13H2,1-4H3,(H,20,22). The highest BCUT2D eigenvalue weighted by molar-refractivity contribution is 7.92. The van der Waals surface area contributed by atoms with Crippen molar-refractivity contribution in [2.75, 3.05) is 30.5 Å². The first kappa shape index (κ1) is 22.7. The monoisotopic (exact) mass is 440 g/mol. The summed E-state index contributed by atoms with van der Waals surface area (Å²) in [7, 11) is -5.50. The molecule has 158 valence electrons. The molecule has 8 nitrogen and oxygen atoms in total. The maximum atomic E-state index is 12.5. The Hall–Kier alpha value is -2.59. The second kappa shape index (κ2) is 8.83. The van der Waals surface area contributed by atoms with Crippen LogP contribution in [0, 0.1) is 0 Å². The summed E-state index contributed by atoms with van der Waals surface area (Å²) in [4.78, 5) is 12.7. The maximum absolute atomic E-state index is 12.5. The van der Waals surface area contributed by atoms with Crippen LogP contribution in [-0.4, -0.2) is 48.9 Å². The molecule has 1 unspecified atom stereocenters. The highest BCUT2D eigenvalue weighted by Crippen LogP contribution is 2.22. The van der Waals surface area contributed by atoms with E-state index < -0.39 is 38.4 Å². The third-order valence-corrected chi connectivity index (χ3v) is 6.50. The van der Waals surface area contributed by atoms with Crippen LogP contribution in [0.4, 0.5) is 5.69 Å². The van der Waals surface area contributed by atoms with Gasteiger partial charge in [-0.2, -0.15) is 0 Å². The Morgan fingerprint density at radius 3 is 2.00 bits per heavy atom. The molecule has 0 spiro atoms. The molecule has 0 radical (unpaired) electrons. The van der Waals surface area contributed by atoms with Crippen molar-refractivity contribution in [2.24, 2.45) is 0 Å². The van der Waals surface area contributed by atoms with Gasteiger partial charge in [-0.15, -0.1) is 0 Å². The van der Waals surface area contributed by atoms with Crippen LogP contribution in [0.3, 0.4) is 0 Å². The number of ether oxygens (including phenoxy) is 1. The van der Waals surface area contributed by atoms with Gasteiger partial charge in [-0.1, -0.05) is 12.1 Å². The summed E-state index contributed by atoms with van der Waals surface area (Å²) < 4.78 is 53.5. The van der Waals surface area contributed by atoms with Crippen LogP contribution in [0.2, 0.25) is 0 Å². The van der Waals surface area contributed by atoms with Gasteiger partial charge in [0.2, 0.25) is 15.9 Å². The molecule has 1 amide bonds. The van der Waals surface area contributed by atoms with E-state index in [0.717, 1.165) is 16.8 Å². The van der Waals surface area contributed by atoms with E-state index >= 15 is 0 Å². The molecule has 0 saturated heterocycles. The summed E-state index contributed by atoms with van der Waals surface area (Å²) in [6.07, 6.45) is 2.14. The van der Waals surface area contributed by atoms with E-state index in [-0.39, 0.29) is 4.90 Å². The number of amides is 1. The molecule has 1 atom stereocenters. The Labute approximate surface area is 171 Å². The fourth-order valence-corrected chi connectivity index (χ4v) is 4.14. The number of hydrogen-bond donors (Lipinski definition) is 1. The average Bonchev–Trinajstić information content (AvgIpc) is 2.64. The van der Waals surface area contributed by atoms with E-state index in [2.05, 4.69) is 5.32 Å². The fraction of sp³-hybridized carbons (Fsp3) is 0.316. The summed E-state index contributed by atoms with van der Waals surface area (Å²) in [5.41, 5.74) is 1.04. The minimum atomic E-state index is -3.69. The van der Waals surface area contributed by atoms with Crippen LogP contribution < -0.4 is 14.4 Å². The van der Waals surface area contributed by atoms with Crippen LogP contribution in [-0.2, 0) is 24.7 Å². The minimum Gasteiger partial charge on any atom is -0.497 e. The molecule has 1 N–H and O–H groups in total. The fourth-order valence-electron chi connectivity index (χ4n) is 2.65. The molecule has 0 bridgehead atoms. The van der Waals surface area contributed by atoms with E-state index in [4.69, 9.17) is 4.74 Å². The molecule has 0 aliphatic rings. The number of rotatable bonds is 8. The van der Waals surface area contributed by atoms with Gasteiger partial charge in [-0.05, 0) is 48.9 Å². The quantitative estimate of drug-likeness (QED) is 0.670. The Bertz CT molecular complexity index is 1060. The maximum Gasteiger partial charge on any atom is 0.241 e. The number of carbonyl (C=O) groups excluding carboxylic acids is 1. The first-order valence-corrected chi connectivity index (χ1v) is 12.4. The first-order chi connectivity index (χ1) is 13.4. The number of hydrogen-bond acceptors (Lipinski definition) is 6. The molecule has 0 heterocycles. The number of carbonyl (C=O) groups is 1. The van der Waals surface area contributed by atoms with E-state index in [0.29, 0.717) is 17.0 Å². The van der Waals surface area contributed by atoms with Crippen molar-refractivity contribution < 1.29 is 26.4 Å². The molecule has 2 aromatic carbocycles. The van der Waals surface area contributed by atoms with Crippen molar-refractivity contribution in [2.45, 2.75) is 17.9 Å². The molecule has 2 aromatic rings. The van der Waals surface area contributed by atoms with Crippen LogP contribution in [0.1, 0.15) is 18.5 Å². The lowest BCUT2D eigenvalue weighted by Crippen LogP contribution is -2.41. The van der Waals surface area contributed by atoms with Crippen molar-refractivity contribution in [3.63, 3.8) is 0 Å². The van der Waals surface area contributed by atoms with E-state index in [1.165, 1.54) is 19.2 Å². The van der Waals surface area contributed by atoms with Crippen molar-refractivity contribution in [3.05, 3.63) is 54.1 Å². The first-order valence-electron chi connectivity index (χ1n) is 8.63. The number of sulfone groups is 1. The van der Waals surface area contributed by atoms with E-state index in [9.17, 15) is 21.6 Å². The third-order valence-electron chi connectivity index (χ3n) is 4.23. The Morgan fingerprint density at radius 2 is 1.55 bits per heavy atom. The van der Waals surface area contributed by atoms with E-state index in [1.807, 2.05) is 0 Å². The number of nitrogens with zero attached hydrogens (tertiary/aromatic N) is 1. The summed E-state index contributed by atoms with van der Waals surface area (Å²) in [6, 6.07) is 12.0.